The third kappa shape index (κ3) is 5.48. The van der Waals surface area contributed by atoms with E-state index in [2.05, 4.69) is 5.32 Å². The summed E-state index contributed by atoms with van der Waals surface area (Å²) in [6.45, 7) is 1.46. The van der Waals surface area contributed by atoms with Gasteiger partial charge in [-0.2, -0.15) is 0 Å². The van der Waals surface area contributed by atoms with E-state index in [1.54, 1.807) is 4.90 Å². The molecule has 1 atom stereocenters. The van der Waals surface area contributed by atoms with E-state index in [1.165, 1.54) is 7.11 Å². The molecular weight excluding hydrogens is 272 g/mol. The van der Waals surface area contributed by atoms with Crippen LogP contribution in [-0.2, 0) is 19.1 Å². The zero-order valence-electron chi connectivity index (χ0n) is 10.8. The van der Waals surface area contributed by atoms with Gasteiger partial charge in [0.2, 0.25) is 5.91 Å². The lowest BCUT2D eigenvalue weighted by molar-refractivity contribution is -0.136. The topological polar surface area (TPSA) is 95.9 Å². The van der Waals surface area contributed by atoms with Crippen molar-refractivity contribution in [3.05, 3.63) is 0 Å². The predicted octanol–water partition coefficient (Wildman–Crippen LogP) is -0.832. The minimum atomic E-state index is -0.939. The average Bonchev–Trinajstić information content (AvgIpc) is 2.70. The van der Waals surface area contributed by atoms with Gasteiger partial charge in [0.15, 0.2) is 0 Å². The first-order valence-corrected chi connectivity index (χ1v) is 7.08. The summed E-state index contributed by atoms with van der Waals surface area (Å²) in [7, 11) is 1.51. The van der Waals surface area contributed by atoms with Crippen LogP contribution >= 0.6 is 11.8 Å². The first kappa shape index (κ1) is 15.8. The van der Waals surface area contributed by atoms with Crippen LogP contribution in [0, 0.1) is 0 Å². The van der Waals surface area contributed by atoms with E-state index >= 15 is 0 Å². The first-order chi connectivity index (χ1) is 9.04. The Hall–Kier alpha value is -1.28. The monoisotopic (exact) mass is 290 g/mol. The summed E-state index contributed by atoms with van der Waals surface area (Å²) in [6, 6.07) is 0. The van der Waals surface area contributed by atoms with Crippen molar-refractivity contribution in [3.8, 4) is 0 Å². The Bertz CT molecular complexity index is 350. The number of carboxylic acid groups (broad SMARTS) is 1. The highest BCUT2D eigenvalue weighted by Crippen LogP contribution is 2.12. The molecule has 19 heavy (non-hydrogen) atoms. The number of nitrogens with one attached hydrogen (secondary N) is 1. The molecule has 7 nitrogen and oxygen atoms in total. The van der Waals surface area contributed by atoms with E-state index in [4.69, 9.17) is 9.84 Å². The lowest BCUT2D eigenvalue weighted by Gasteiger charge is -2.16. The molecule has 0 bridgehead atoms. The molecule has 0 aliphatic carbocycles. The Morgan fingerprint density at radius 3 is 2.84 bits per heavy atom. The van der Waals surface area contributed by atoms with Crippen LogP contribution in [0.5, 0.6) is 0 Å². The minimum Gasteiger partial charge on any atom is -0.481 e. The van der Waals surface area contributed by atoms with Gasteiger partial charge in [0.05, 0.1) is 11.5 Å². The third-order valence-corrected chi connectivity index (χ3v) is 3.61. The number of ether oxygens (including phenoxy) is 1. The molecular formula is C11H18N2O5S. The van der Waals surface area contributed by atoms with Crippen molar-refractivity contribution in [1.82, 2.24) is 10.2 Å². The van der Waals surface area contributed by atoms with Gasteiger partial charge in [-0.25, -0.2) is 0 Å². The van der Waals surface area contributed by atoms with Crippen molar-refractivity contribution in [2.75, 3.05) is 38.2 Å². The van der Waals surface area contributed by atoms with E-state index < -0.39 is 5.97 Å². The largest absolute Gasteiger partial charge is 0.481 e. The summed E-state index contributed by atoms with van der Waals surface area (Å²) in [5, 5.41) is 11.1. The number of amides is 2. The Morgan fingerprint density at radius 2 is 2.26 bits per heavy atom. The Kier molecular flexibility index (Phi) is 6.65. The summed E-state index contributed by atoms with van der Waals surface area (Å²) in [5.41, 5.74) is 0. The predicted molar refractivity (Wildman–Crippen MR) is 70.0 cm³/mol. The molecule has 0 aromatic rings. The number of methoxy groups -OCH3 is 1. The molecule has 0 radical (unpaired) electrons. The zero-order valence-corrected chi connectivity index (χ0v) is 11.6. The quantitative estimate of drug-likeness (QED) is 0.605. The fourth-order valence-electron chi connectivity index (χ4n) is 1.76. The molecule has 0 aromatic carbocycles. The molecule has 1 saturated heterocycles. The molecule has 1 fully saturated rings. The van der Waals surface area contributed by atoms with Crippen molar-refractivity contribution in [2.45, 2.75) is 12.5 Å². The molecule has 0 spiro atoms. The molecule has 1 aliphatic heterocycles. The Balaban J connectivity index is 2.12. The van der Waals surface area contributed by atoms with Crippen molar-refractivity contribution < 1.29 is 24.2 Å². The zero-order chi connectivity index (χ0) is 14.3. The average molecular weight is 290 g/mol. The fourth-order valence-corrected chi connectivity index (χ4v) is 2.33. The van der Waals surface area contributed by atoms with Gasteiger partial charge in [0.1, 0.15) is 6.10 Å². The standard InChI is InChI=1S/C11H18N2O5S/c1-18-8-2-4-13(11(8)17)5-3-12-9(14)6-19-7-10(15)16/h8H,2-7H2,1H3,(H,12,14)(H,15,16)/t8-/m0/s1. The molecule has 0 unspecified atom stereocenters. The van der Waals surface area contributed by atoms with Gasteiger partial charge >= 0.3 is 5.97 Å². The van der Waals surface area contributed by atoms with Gasteiger partial charge in [0.25, 0.3) is 5.91 Å². The lowest BCUT2D eigenvalue weighted by atomic mass is 10.3. The molecule has 0 saturated carbocycles. The van der Waals surface area contributed by atoms with E-state index in [-0.39, 0.29) is 29.4 Å². The molecule has 8 heteroatoms. The van der Waals surface area contributed by atoms with Crippen LogP contribution < -0.4 is 5.32 Å². The van der Waals surface area contributed by atoms with Crippen LogP contribution in [0.15, 0.2) is 0 Å². The second kappa shape index (κ2) is 8.00. The molecule has 1 aliphatic rings. The normalized spacial score (nSPS) is 18.7. The van der Waals surface area contributed by atoms with Crippen LogP contribution in [0.2, 0.25) is 0 Å². The number of likely N-dealkylation sites (tertiary alicyclic amines) is 1. The maximum Gasteiger partial charge on any atom is 0.313 e. The van der Waals surface area contributed by atoms with Crippen molar-refractivity contribution in [1.29, 1.82) is 0 Å². The maximum absolute atomic E-state index is 11.7. The van der Waals surface area contributed by atoms with Gasteiger partial charge < -0.3 is 20.1 Å². The van der Waals surface area contributed by atoms with Crippen LogP contribution in [0.1, 0.15) is 6.42 Å². The number of nitrogens with zero attached hydrogens (tertiary/aromatic N) is 1. The Labute approximate surface area is 115 Å². The molecule has 108 valence electrons. The highest BCUT2D eigenvalue weighted by molar-refractivity contribution is 8.00. The second-order valence-corrected chi connectivity index (χ2v) is 5.06. The van der Waals surface area contributed by atoms with E-state index in [9.17, 15) is 14.4 Å². The Morgan fingerprint density at radius 1 is 1.53 bits per heavy atom. The van der Waals surface area contributed by atoms with Crippen molar-refractivity contribution in [2.24, 2.45) is 0 Å². The number of thioether (sulfide) groups is 1. The van der Waals surface area contributed by atoms with Crippen molar-refractivity contribution in [3.63, 3.8) is 0 Å². The number of carboxylic acids is 1. The molecule has 0 aromatic heterocycles. The van der Waals surface area contributed by atoms with Crippen LogP contribution in [0.25, 0.3) is 0 Å². The number of aliphatic carboxylic acids is 1. The van der Waals surface area contributed by atoms with Gasteiger partial charge in [-0.3, -0.25) is 14.4 Å². The fraction of sp³-hybridized carbons (Fsp3) is 0.727. The minimum absolute atomic E-state index is 0.0444. The van der Waals surface area contributed by atoms with E-state index in [0.29, 0.717) is 26.1 Å². The highest BCUT2D eigenvalue weighted by atomic mass is 32.2. The maximum atomic E-state index is 11.7. The number of hydrogen-bond acceptors (Lipinski definition) is 5. The molecule has 2 N–H and O–H groups in total. The number of rotatable bonds is 8. The van der Waals surface area contributed by atoms with E-state index in [0.717, 1.165) is 11.8 Å². The first-order valence-electron chi connectivity index (χ1n) is 5.92. The van der Waals surface area contributed by atoms with Gasteiger partial charge in [0, 0.05) is 33.2 Å². The SMILES string of the molecule is CO[C@H]1CCN(CCNC(=O)CSCC(=O)O)C1=O. The number of carbonyl (C=O) groups is 3. The van der Waals surface area contributed by atoms with Gasteiger partial charge in [-0.1, -0.05) is 0 Å². The summed E-state index contributed by atoms with van der Waals surface area (Å²) in [6.07, 6.45) is 0.319. The van der Waals surface area contributed by atoms with Crippen molar-refractivity contribution >= 4 is 29.5 Å². The van der Waals surface area contributed by atoms with E-state index in [1.807, 2.05) is 0 Å². The highest BCUT2D eigenvalue weighted by Gasteiger charge is 2.30. The lowest BCUT2D eigenvalue weighted by Crippen LogP contribution is -2.38. The van der Waals surface area contributed by atoms with Crippen LogP contribution in [0.3, 0.4) is 0 Å². The third-order valence-electron chi connectivity index (χ3n) is 2.70. The summed E-state index contributed by atoms with van der Waals surface area (Å²) in [4.78, 5) is 34.9. The smallest absolute Gasteiger partial charge is 0.313 e. The van der Waals surface area contributed by atoms with Gasteiger partial charge in [-0.15, -0.1) is 11.8 Å². The summed E-state index contributed by atoms with van der Waals surface area (Å²) >= 11 is 1.04. The number of hydrogen-bond donors (Lipinski definition) is 2. The molecule has 2 amide bonds. The molecule has 1 rings (SSSR count). The number of carbonyl (C=O) groups excluding carboxylic acids is 2. The van der Waals surface area contributed by atoms with Crippen LogP contribution in [-0.4, -0.2) is 72.1 Å². The summed E-state index contributed by atoms with van der Waals surface area (Å²) in [5.74, 6) is -1.18. The molecule has 1 heterocycles. The second-order valence-electron chi connectivity index (χ2n) is 4.07. The van der Waals surface area contributed by atoms with Crippen LogP contribution in [0.4, 0.5) is 0 Å². The summed E-state index contributed by atoms with van der Waals surface area (Å²) < 4.78 is 5.02. The van der Waals surface area contributed by atoms with Gasteiger partial charge in [-0.05, 0) is 0 Å².